The Morgan fingerprint density at radius 3 is 2.46 bits per heavy atom. The summed E-state index contributed by atoms with van der Waals surface area (Å²) in [6, 6.07) is 15.0. The maximum atomic E-state index is 12.4. The van der Waals surface area contributed by atoms with Crippen molar-refractivity contribution in [1.29, 1.82) is 0 Å². The lowest BCUT2D eigenvalue weighted by Crippen LogP contribution is -2.19. The van der Waals surface area contributed by atoms with Crippen molar-refractivity contribution < 1.29 is 17.7 Å². The molecule has 0 unspecified atom stereocenters. The molecule has 0 radical (unpaired) electrons. The zero-order valence-corrected chi connectivity index (χ0v) is 16.7. The van der Waals surface area contributed by atoms with Crippen LogP contribution >= 0.6 is 12.2 Å². The molecule has 0 aliphatic carbocycles. The van der Waals surface area contributed by atoms with Crippen LogP contribution in [0, 0.1) is 6.92 Å². The Labute approximate surface area is 167 Å². The summed E-state index contributed by atoms with van der Waals surface area (Å²) in [7, 11) is -2.19. The number of aryl methyl sites for hydroxylation is 1. The number of benzene rings is 2. The molecule has 1 heterocycles. The van der Waals surface area contributed by atoms with E-state index in [-0.39, 0.29) is 10.7 Å². The summed E-state index contributed by atoms with van der Waals surface area (Å²) >= 11 is 5.29. The molecule has 0 spiro atoms. The molecule has 3 rings (SSSR count). The van der Waals surface area contributed by atoms with E-state index >= 15 is 0 Å². The van der Waals surface area contributed by atoms with Gasteiger partial charge in [0.15, 0.2) is 10.9 Å². The Morgan fingerprint density at radius 1 is 1.11 bits per heavy atom. The summed E-state index contributed by atoms with van der Waals surface area (Å²) in [5.41, 5.74) is 1.34. The number of aromatic nitrogens is 1. The average molecular weight is 419 g/mol. The average Bonchev–Trinajstić information content (AvgIpc) is 3.06. The topological polar surface area (TPSA) is 105 Å². The van der Waals surface area contributed by atoms with Gasteiger partial charge in [0.2, 0.25) is 0 Å². The van der Waals surface area contributed by atoms with Crippen LogP contribution < -0.4 is 20.1 Å². The van der Waals surface area contributed by atoms with Gasteiger partial charge in [-0.05, 0) is 55.5 Å². The number of nitrogens with zero attached hydrogens (tertiary/aromatic N) is 1. The highest BCUT2D eigenvalue weighted by Crippen LogP contribution is 2.23. The number of methoxy groups -OCH3 is 1. The predicted molar refractivity (Wildman–Crippen MR) is 111 cm³/mol. The number of anilines is 3. The van der Waals surface area contributed by atoms with E-state index in [0.29, 0.717) is 28.0 Å². The highest BCUT2D eigenvalue weighted by Gasteiger charge is 2.16. The van der Waals surface area contributed by atoms with Crippen LogP contribution in [-0.2, 0) is 10.0 Å². The minimum atomic E-state index is -3.77. The molecule has 28 heavy (non-hydrogen) atoms. The number of rotatable bonds is 6. The van der Waals surface area contributed by atoms with Gasteiger partial charge in [-0.15, -0.1) is 0 Å². The third-order valence-corrected chi connectivity index (χ3v) is 5.22. The summed E-state index contributed by atoms with van der Waals surface area (Å²) in [6.07, 6.45) is 0. The minimum Gasteiger partial charge on any atom is -0.495 e. The standard InChI is InChI=1S/C18H18N4O4S2/c1-12-11-17(21-26-12)22-28(23,24)14-9-7-13(8-10-14)19-18(27)20-15-5-3-4-6-16(15)25-2/h3-11H,1-2H3,(H,21,22)(H2,19,20,27). The Bertz CT molecular complexity index is 1080. The number of para-hydroxylation sites is 2. The van der Waals surface area contributed by atoms with E-state index in [1.54, 1.807) is 26.2 Å². The first-order valence-electron chi connectivity index (χ1n) is 8.14. The van der Waals surface area contributed by atoms with Crippen molar-refractivity contribution in [2.45, 2.75) is 11.8 Å². The molecule has 0 bridgehead atoms. The Balaban J connectivity index is 1.66. The van der Waals surface area contributed by atoms with Gasteiger partial charge in [0.05, 0.1) is 17.7 Å². The van der Waals surface area contributed by atoms with Crippen molar-refractivity contribution in [2.75, 3.05) is 22.5 Å². The van der Waals surface area contributed by atoms with Crippen LogP contribution in [0.25, 0.3) is 0 Å². The molecule has 0 saturated heterocycles. The first-order valence-corrected chi connectivity index (χ1v) is 10.0. The molecule has 0 fully saturated rings. The molecule has 0 amide bonds. The summed E-state index contributed by atoms with van der Waals surface area (Å²) in [5, 5.41) is 10.00. The summed E-state index contributed by atoms with van der Waals surface area (Å²) in [5.74, 6) is 1.29. The monoisotopic (exact) mass is 418 g/mol. The molecule has 10 heteroatoms. The number of nitrogens with one attached hydrogen (secondary N) is 3. The Kier molecular flexibility index (Phi) is 5.81. The van der Waals surface area contributed by atoms with Crippen molar-refractivity contribution in [3.8, 4) is 5.75 Å². The van der Waals surface area contributed by atoms with Gasteiger partial charge in [0.1, 0.15) is 11.5 Å². The van der Waals surface area contributed by atoms with Gasteiger partial charge in [-0.2, -0.15) is 0 Å². The first kappa shape index (κ1) is 19.6. The van der Waals surface area contributed by atoms with Gasteiger partial charge in [0.25, 0.3) is 10.0 Å². The van der Waals surface area contributed by atoms with Crippen LogP contribution in [0.3, 0.4) is 0 Å². The molecule has 0 atom stereocenters. The normalized spacial score (nSPS) is 10.9. The molecule has 3 aromatic rings. The van der Waals surface area contributed by atoms with E-state index in [0.717, 1.165) is 0 Å². The maximum Gasteiger partial charge on any atom is 0.263 e. The zero-order valence-electron chi connectivity index (χ0n) is 15.1. The molecule has 8 nitrogen and oxygen atoms in total. The Morgan fingerprint density at radius 2 is 1.82 bits per heavy atom. The molecule has 2 aromatic carbocycles. The predicted octanol–water partition coefficient (Wildman–Crippen LogP) is 3.60. The van der Waals surface area contributed by atoms with E-state index in [4.69, 9.17) is 21.5 Å². The van der Waals surface area contributed by atoms with Crippen LogP contribution in [-0.4, -0.2) is 25.8 Å². The lowest BCUT2D eigenvalue weighted by Gasteiger charge is -2.13. The van der Waals surface area contributed by atoms with Gasteiger partial charge in [0, 0.05) is 11.8 Å². The Hall–Kier alpha value is -3.11. The lowest BCUT2D eigenvalue weighted by molar-refractivity contribution is 0.400. The fourth-order valence-corrected chi connectivity index (χ4v) is 3.57. The van der Waals surface area contributed by atoms with Crippen molar-refractivity contribution in [3.63, 3.8) is 0 Å². The van der Waals surface area contributed by atoms with Crippen LogP contribution in [0.4, 0.5) is 17.2 Å². The van der Waals surface area contributed by atoms with Gasteiger partial charge < -0.3 is 19.9 Å². The fourth-order valence-electron chi connectivity index (χ4n) is 2.36. The van der Waals surface area contributed by atoms with Crippen LogP contribution in [0.1, 0.15) is 5.76 Å². The minimum absolute atomic E-state index is 0.0855. The van der Waals surface area contributed by atoms with Crippen molar-refractivity contribution >= 4 is 44.5 Å². The van der Waals surface area contributed by atoms with Gasteiger partial charge >= 0.3 is 0 Å². The van der Waals surface area contributed by atoms with Gasteiger partial charge in [-0.3, -0.25) is 4.72 Å². The molecule has 1 aromatic heterocycles. The van der Waals surface area contributed by atoms with Crippen molar-refractivity contribution in [2.24, 2.45) is 0 Å². The molecule has 3 N–H and O–H groups in total. The third-order valence-electron chi connectivity index (χ3n) is 3.64. The molecule has 146 valence electrons. The second-order valence-corrected chi connectivity index (χ2v) is 7.82. The zero-order chi connectivity index (χ0) is 20.1. The first-order chi connectivity index (χ1) is 13.4. The SMILES string of the molecule is COc1ccccc1NC(=S)Nc1ccc(S(=O)(=O)Nc2cc(C)on2)cc1. The van der Waals surface area contributed by atoms with Gasteiger partial charge in [-0.25, -0.2) is 8.42 Å². The number of sulfonamides is 1. The molecule has 0 aliphatic rings. The second-order valence-electron chi connectivity index (χ2n) is 5.73. The van der Waals surface area contributed by atoms with Crippen LogP contribution in [0.15, 0.2) is 64.0 Å². The van der Waals surface area contributed by atoms with Crippen LogP contribution in [0.2, 0.25) is 0 Å². The number of hydrogen-bond donors (Lipinski definition) is 3. The number of thiocarbonyl (C=S) groups is 1. The maximum absolute atomic E-state index is 12.4. The molecular weight excluding hydrogens is 400 g/mol. The van der Waals surface area contributed by atoms with E-state index in [2.05, 4.69) is 20.5 Å². The van der Waals surface area contributed by atoms with Gasteiger partial charge in [-0.1, -0.05) is 17.3 Å². The largest absolute Gasteiger partial charge is 0.495 e. The quantitative estimate of drug-likeness (QED) is 0.522. The lowest BCUT2D eigenvalue weighted by atomic mass is 10.3. The number of ether oxygens (including phenoxy) is 1. The second kappa shape index (κ2) is 8.28. The summed E-state index contributed by atoms with van der Waals surface area (Å²) < 4.78 is 37.3. The molecule has 0 saturated carbocycles. The van der Waals surface area contributed by atoms with E-state index in [9.17, 15) is 8.42 Å². The van der Waals surface area contributed by atoms with E-state index < -0.39 is 10.0 Å². The summed E-state index contributed by atoms with van der Waals surface area (Å²) in [4.78, 5) is 0.0855. The van der Waals surface area contributed by atoms with E-state index in [1.807, 2.05) is 24.3 Å². The van der Waals surface area contributed by atoms with Crippen molar-refractivity contribution in [3.05, 3.63) is 60.4 Å². The summed E-state index contributed by atoms with van der Waals surface area (Å²) in [6.45, 7) is 1.67. The third kappa shape index (κ3) is 4.78. The highest BCUT2D eigenvalue weighted by atomic mass is 32.2. The number of hydrogen-bond acceptors (Lipinski definition) is 6. The highest BCUT2D eigenvalue weighted by molar-refractivity contribution is 7.92. The van der Waals surface area contributed by atoms with Crippen molar-refractivity contribution in [1.82, 2.24) is 5.16 Å². The molecule has 0 aliphatic heterocycles. The smallest absolute Gasteiger partial charge is 0.263 e. The van der Waals surface area contributed by atoms with E-state index in [1.165, 1.54) is 18.2 Å². The fraction of sp³-hybridized carbons (Fsp3) is 0.111. The van der Waals surface area contributed by atoms with Crippen LogP contribution in [0.5, 0.6) is 5.75 Å². The molecular formula is C18H18N4O4S2.